The smallest absolute Gasteiger partial charge is 0.412 e. The van der Waals surface area contributed by atoms with Crippen LogP contribution in [0.2, 0.25) is 0 Å². The van der Waals surface area contributed by atoms with Crippen LogP contribution in [0.5, 0.6) is 0 Å². The molecule has 6 nitrogen and oxygen atoms in total. The van der Waals surface area contributed by atoms with Gasteiger partial charge in [0.05, 0.1) is 12.3 Å². The van der Waals surface area contributed by atoms with Gasteiger partial charge in [-0.2, -0.15) is 8.42 Å². The summed E-state index contributed by atoms with van der Waals surface area (Å²) in [4.78, 5) is 11.6. The average Bonchev–Trinajstić information content (AvgIpc) is 2.26. The third kappa shape index (κ3) is 4.82. The van der Waals surface area contributed by atoms with Crippen molar-refractivity contribution >= 4 is 21.9 Å². The molecular formula is C13H19NO5S. The van der Waals surface area contributed by atoms with Crippen molar-refractivity contribution in [2.45, 2.75) is 38.2 Å². The van der Waals surface area contributed by atoms with Crippen LogP contribution in [0, 0.1) is 0 Å². The summed E-state index contributed by atoms with van der Waals surface area (Å²) in [6, 6.07) is 5.98. The number of hydrogen-bond acceptors (Lipinski definition) is 5. The van der Waals surface area contributed by atoms with Crippen LogP contribution in [-0.4, -0.2) is 26.7 Å². The van der Waals surface area contributed by atoms with E-state index in [-0.39, 0.29) is 17.2 Å². The maximum absolute atomic E-state index is 11.9. The van der Waals surface area contributed by atoms with Crippen LogP contribution in [0.3, 0.4) is 0 Å². The Labute approximate surface area is 119 Å². The number of hydrogen-bond donors (Lipinski definition) is 1. The predicted molar refractivity (Wildman–Crippen MR) is 75.1 cm³/mol. The van der Waals surface area contributed by atoms with Gasteiger partial charge in [-0.1, -0.05) is 12.1 Å². The second-order valence-electron chi connectivity index (χ2n) is 4.98. The van der Waals surface area contributed by atoms with Gasteiger partial charge in [-0.15, -0.1) is 0 Å². The molecule has 0 aromatic heterocycles. The highest BCUT2D eigenvalue weighted by Crippen LogP contribution is 2.23. The summed E-state index contributed by atoms with van der Waals surface area (Å²) in [7, 11) is -3.90. The number of para-hydroxylation sites is 1. The predicted octanol–water partition coefficient (Wildman–Crippen LogP) is 2.76. The quantitative estimate of drug-likeness (QED) is 0.865. The summed E-state index contributed by atoms with van der Waals surface area (Å²) in [5.74, 6) is 0. The Kier molecular flexibility index (Phi) is 5.13. The lowest BCUT2D eigenvalue weighted by Gasteiger charge is -2.20. The van der Waals surface area contributed by atoms with Gasteiger partial charge in [0, 0.05) is 0 Å². The van der Waals surface area contributed by atoms with Gasteiger partial charge in [-0.25, -0.2) is 4.79 Å². The van der Waals surface area contributed by atoms with Gasteiger partial charge in [0.15, 0.2) is 0 Å². The van der Waals surface area contributed by atoms with Crippen molar-refractivity contribution in [3.8, 4) is 0 Å². The molecule has 1 N–H and O–H groups in total. The van der Waals surface area contributed by atoms with E-state index in [1.165, 1.54) is 12.1 Å². The van der Waals surface area contributed by atoms with Crippen molar-refractivity contribution in [3.05, 3.63) is 24.3 Å². The van der Waals surface area contributed by atoms with Crippen molar-refractivity contribution in [2.24, 2.45) is 0 Å². The molecule has 0 radical (unpaired) electrons. The molecule has 0 unspecified atom stereocenters. The molecule has 0 aliphatic heterocycles. The molecule has 0 atom stereocenters. The molecule has 0 saturated carbocycles. The minimum atomic E-state index is -3.90. The lowest BCUT2D eigenvalue weighted by Crippen LogP contribution is -2.27. The Morgan fingerprint density at radius 1 is 1.25 bits per heavy atom. The van der Waals surface area contributed by atoms with Crippen molar-refractivity contribution in [2.75, 3.05) is 11.9 Å². The van der Waals surface area contributed by atoms with Crippen LogP contribution >= 0.6 is 0 Å². The fourth-order valence-electron chi connectivity index (χ4n) is 1.42. The van der Waals surface area contributed by atoms with E-state index in [0.29, 0.717) is 0 Å². The molecule has 0 spiro atoms. The highest BCUT2D eigenvalue weighted by Gasteiger charge is 2.22. The second kappa shape index (κ2) is 6.23. The van der Waals surface area contributed by atoms with Crippen LogP contribution < -0.4 is 5.32 Å². The number of amides is 1. The fourth-order valence-corrected chi connectivity index (χ4v) is 2.49. The number of rotatable bonds is 4. The van der Waals surface area contributed by atoms with Gasteiger partial charge in [0.25, 0.3) is 10.1 Å². The summed E-state index contributed by atoms with van der Waals surface area (Å²) in [6.07, 6.45) is -0.725. The number of ether oxygens (including phenoxy) is 1. The molecule has 1 aromatic carbocycles. The van der Waals surface area contributed by atoms with Crippen molar-refractivity contribution in [1.29, 1.82) is 0 Å². The first kappa shape index (κ1) is 16.5. The first-order chi connectivity index (χ1) is 9.15. The molecular weight excluding hydrogens is 282 g/mol. The minimum absolute atomic E-state index is 0.0170. The molecule has 0 bridgehead atoms. The largest absolute Gasteiger partial charge is 0.444 e. The van der Waals surface area contributed by atoms with E-state index in [4.69, 9.17) is 8.92 Å². The molecule has 1 rings (SSSR count). The molecule has 112 valence electrons. The third-order valence-corrected chi connectivity index (χ3v) is 3.51. The number of carbonyl (C=O) groups is 1. The second-order valence-corrected chi connectivity index (χ2v) is 6.57. The van der Waals surface area contributed by atoms with Gasteiger partial charge in [-0.05, 0) is 39.8 Å². The minimum Gasteiger partial charge on any atom is -0.444 e. The zero-order valence-corrected chi connectivity index (χ0v) is 12.8. The van der Waals surface area contributed by atoms with Gasteiger partial charge >= 0.3 is 6.09 Å². The van der Waals surface area contributed by atoms with E-state index in [1.807, 2.05) is 0 Å². The Balaban J connectivity index is 3.00. The molecule has 0 saturated heterocycles. The summed E-state index contributed by atoms with van der Waals surface area (Å²) in [5.41, 5.74) is -0.548. The lowest BCUT2D eigenvalue weighted by molar-refractivity contribution is 0.0635. The Bertz CT molecular complexity index is 575. The van der Waals surface area contributed by atoms with Crippen LogP contribution in [-0.2, 0) is 19.0 Å². The monoisotopic (exact) mass is 301 g/mol. The molecule has 0 aliphatic rings. The fraction of sp³-hybridized carbons (Fsp3) is 0.462. The van der Waals surface area contributed by atoms with Crippen LogP contribution in [0.1, 0.15) is 27.7 Å². The zero-order chi connectivity index (χ0) is 15.4. The Morgan fingerprint density at radius 3 is 2.40 bits per heavy atom. The van der Waals surface area contributed by atoms with Crippen LogP contribution in [0.25, 0.3) is 0 Å². The van der Waals surface area contributed by atoms with Crippen molar-refractivity contribution < 1.29 is 22.1 Å². The van der Waals surface area contributed by atoms with Gasteiger partial charge in [-0.3, -0.25) is 9.50 Å². The van der Waals surface area contributed by atoms with Gasteiger partial charge in [0.2, 0.25) is 0 Å². The summed E-state index contributed by atoms with van der Waals surface area (Å²) >= 11 is 0. The topological polar surface area (TPSA) is 81.7 Å². The molecule has 0 aliphatic carbocycles. The average molecular weight is 301 g/mol. The van der Waals surface area contributed by atoms with Gasteiger partial charge < -0.3 is 4.74 Å². The van der Waals surface area contributed by atoms with Crippen molar-refractivity contribution in [1.82, 2.24) is 0 Å². The van der Waals surface area contributed by atoms with E-state index >= 15 is 0 Å². The van der Waals surface area contributed by atoms with E-state index in [1.54, 1.807) is 39.8 Å². The van der Waals surface area contributed by atoms with E-state index < -0.39 is 21.8 Å². The third-order valence-electron chi connectivity index (χ3n) is 2.07. The Hall–Kier alpha value is -1.60. The van der Waals surface area contributed by atoms with Crippen molar-refractivity contribution in [3.63, 3.8) is 0 Å². The summed E-state index contributed by atoms with van der Waals surface area (Å²) in [5, 5.41) is 2.41. The maximum Gasteiger partial charge on any atom is 0.412 e. The Morgan fingerprint density at radius 2 is 1.85 bits per heavy atom. The zero-order valence-electron chi connectivity index (χ0n) is 12.0. The molecule has 1 amide bonds. The summed E-state index contributed by atoms with van der Waals surface area (Å²) < 4.78 is 33.6. The van der Waals surface area contributed by atoms with E-state index in [2.05, 4.69) is 5.32 Å². The molecule has 1 aromatic rings. The normalized spacial score (nSPS) is 12.0. The SMILES string of the molecule is CCOS(=O)(=O)c1ccccc1NC(=O)OC(C)(C)C. The number of anilines is 1. The standard InChI is InChI=1S/C13H19NO5S/c1-5-18-20(16,17)11-9-7-6-8-10(11)14-12(15)19-13(2,3)4/h6-9H,5H2,1-4H3,(H,14,15). The molecule has 0 heterocycles. The van der Waals surface area contributed by atoms with Crippen LogP contribution in [0.4, 0.5) is 10.5 Å². The first-order valence-corrected chi connectivity index (χ1v) is 7.55. The summed E-state index contributed by atoms with van der Waals surface area (Å²) in [6.45, 7) is 6.74. The van der Waals surface area contributed by atoms with E-state index in [0.717, 1.165) is 0 Å². The number of benzene rings is 1. The van der Waals surface area contributed by atoms with Crippen LogP contribution in [0.15, 0.2) is 29.2 Å². The first-order valence-electron chi connectivity index (χ1n) is 6.14. The maximum atomic E-state index is 11.9. The number of nitrogens with one attached hydrogen (secondary N) is 1. The molecule has 20 heavy (non-hydrogen) atoms. The van der Waals surface area contributed by atoms with Gasteiger partial charge in [0.1, 0.15) is 10.5 Å². The number of carbonyl (C=O) groups excluding carboxylic acids is 1. The van der Waals surface area contributed by atoms with E-state index in [9.17, 15) is 13.2 Å². The lowest BCUT2D eigenvalue weighted by atomic mass is 10.2. The highest BCUT2D eigenvalue weighted by molar-refractivity contribution is 7.87. The highest BCUT2D eigenvalue weighted by atomic mass is 32.2. The molecule has 0 fully saturated rings. The molecule has 7 heteroatoms.